The van der Waals surface area contributed by atoms with E-state index in [0.29, 0.717) is 0 Å². The maximum absolute atomic E-state index is 2.48. The molecule has 0 N–H and O–H groups in total. The van der Waals surface area contributed by atoms with Crippen molar-refractivity contribution in [3.05, 3.63) is 471 Å². The van der Waals surface area contributed by atoms with Crippen LogP contribution in [0.2, 0.25) is 0 Å². The second-order valence-corrected chi connectivity index (χ2v) is 32.5. The van der Waals surface area contributed by atoms with E-state index in [9.17, 15) is 0 Å². The van der Waals surface area contributed by atoms with Crippen molar-refractivity contribution in [2.24, 2.45) is 0 Å². The van der Waals surface area contributed by atoms with Crippen LogP contribution in [-0.2, 0) is 10.8 Å². The predicted octanol–water partition coefficient (Wildman–Crippen LogP) is 31.4. The molecule has 22 rings (SSSR count). The van der Waals surface area contributed by atoms with Crippen LogP contribution >= 0.6 is 0 Å². The van der Waals surface area contributed by atoms with Gasteiger partial charge in [0.05, 0.1) is 22.1 Å². The first-order valence-electron chi connectivity index (χ1n) is 41.5. The number of benzene rings is 18. The SMILES string of the molecule is CC1(C)c2ccccc2-c2cc3c4cc(N(c5ccccc5)c5ccccc5)ccc4n(-c4ccc(-c5ccc(N(c6ccccc6)c6ccccc6)cc5)cc4)c3cc21.CC1(C)c2ccccc2-c2cc3c4cc(N(c5ccccc5)c5ccccc5)ccc4n(-c4cccc(N(c5ccccc5)c5ccc(-c6ccccc6)cc5)c4)c3cc21. The fraction of sp³-hybridized carbons (Fsp3) is 0.0526. The summed E-state index contributed by atoms with van der Waals surface area (Å²) in [5, 5.41) is 4.93. The molecule has 18 aromatic carbocycles. The van der Waals surface area contributed by atoms with Crippen LogP contribution in [0.25, 0.3) is 99.5 Å². The van der Waals surface area contributed by atoms with Gasteiger partial charge < -0.3 is 28.7 Å². The second-order valence-electron chi connectivity index (χ2n) is 32.5. The number of rotatable bonds is 16. The molecule has 2 aliphatic rings. The first-order valence-corrected chi connectivity index (χ1v) is 41.5. The van der Waals surface area contributed by atoms with Gasteiger partial charge in [0.2, 0.25) is 0 Å². The minimum atomic E-state index is -0.137. The minimum absolute atomic E-state index is 0.114. The van der Waals surface area contributed by atoms with Crippen LogP contribution in [0.3, 0.4) is 0 Å². The summed E-state index contributed by atoms with van der Waals surface area (Å²) < 4.78 is 4.95. The van der Waals surface area contributed by atoms with Crippen molar-refractivity contribution >= 4 is 112 Å². The van der Waals surface area contributed by atoms with Crippen LogP contribution in [0.4, 0.5) is 68.2 Å². The van der Waals surface area contributed by atoms with E-state index in [1.807, 2.05) is 0 Å². The normalized spacial score (nSPS) is 12.6. The van der Waals surface area contributed by atoms with Crippen LogP contribution in [0, 0.1) is 0 Å². The molecule has 6 nitrogen and oxygen atoms in total. The molecule has 2 aromatic heterocycles. The highest BCUT2D eigenvalue weighted by Crippen LogP contribution is 2.55. The van der Waals surface area contributed by atoms with Crippen LogP contribution in [0.5, 0.6) is 0 Å². The molecule has 0 unspecified atom stereocenters. The molecule has 0 fully saturated rings. The minimum Gasteiger partial charge on any atom is -0.311 e. The van der Waals surface area contributed by atoms with E-state index < -0.39 is 0 Å². The molecule has 0 bridgehead atoms. The fourth-order valence-electron chi connectivity index (χ4n) is 18.9. The van der Waals surface area contributed by atoms with Gasteiger partial charge in [-0.05, 0) is 267 Å². The van der Waals surface area contributed by atoms with Gasteiger partial charge in [-0.15, -0.1) is 0 Å². The lowest BCUT2D eigenvalue weighted by Crippen LogP contribution is -2.15. The highest BCUT2D eigenvalue weighted by atomic mass is 15.2. The molecule has 6 heteroatoms. The topological polar surface area (TPSA) is 22.8 Å². The molecule has 0 saturated carbocycles. The maximum Gasteiger partial charge on any atom is 0.0544 e. The number of nitrogens with zero attached hydrogens (tertiary/aromatic N) is 6. The molecular weight excluding hydrogens is 1450 g/mol. The van der Waals surface area contributed by atoms with Gasteiger partial charge in [-0.3, -0.25) is 0 Å². The van der Waals surface area contributed by atoms with E-state index in [1.165, 1.54) is 110 Å². The number of anilines is 12. The van der Waals surface area contributed by atoms with Crippen LogP contribution in [-0.4, -0.2) is 9.13 Å². The standard InChI is InChI=1S/2C57H43N3/c1-57(2)53-29-16-15-28-49(53)50-38-52-51-37-48(58(42-20-9-4-10-21-42)43-22-11-5-12-23-43)34-35-55(51)60(56(52)39-54(50)57)47-27-17-26-46(36-47)59(44-24-13-6-14-25-44)45-32-30-41(31-33-45)40-18-7-3-8-19-40;1-57(2)53-26-16-15-25-49(53)50-38-52-51-37-48(59(44-21-11-5-12-22-44)45-23-13-6-14-24-45)35-36-55(51)60(56(52)39-54(50)57)47-33-29-41(30-34-47)40-27-31-46(32-28-40)58(42-17-7-3-8-18-42)43-19-9-4-10-20-43/h2*3-39H,1-2H3. The second kappa shape index (κ2) is 30.1. The lowest BCUT2D eigenvalue weighted by molar-refractivity contribution is 0.661. The van der Waals surface area contributed by atoms with Gasteiger partial charge in [0.25, 0.3) is 0 Å². The van der Waals surface area contributed by atoms with E-state index in [2.05, 4.69) is 505 Å². The lowest BCUT2D eigenvalue weighted by atomic mass is 9.82. The van der Waals surface area contributed by atoms with Crippen molar-refractivity contribution in [1.82, 2.24) is 9.13 Å². The molecule has 0 saturated heterocycles. The average molecular weight is 1540 g/mol. The van der Waals surface area contributed by atoms with Crippen molar-refractivity contribution in [3.8, 4) is 55.9 Å². The Morgan fingerprint density at radius 1 is 0.167 bits per heavy atom. The Bertz CT molecular complexity index is 7030. The molecule has 2 aliphatic carbocycles. The maximum atomic E-state index is 2.48. The van der Waals surface area contributed by atoms with Gasteiger partial charge in [-0.25, -0.2) is 0 Å². The molecule has 572 valence electrons. The van der Waals surface area contributed by atoms with Crippen LogP contribution in [0.1, 0.15) is 49.9 Å². The summed E-state index contributed by atoms with van der Waals surface area (Å²) in [5.74, 6) is 0. The monoisotopic (exact) mass is 1540 g/mol. The molecule has 20 aromatic rings. The Labute approximate surface area is 701 Å². The summed E-state index contributed by atoms with van der Waals surface area (Å²) in [7, 11) is 0. The van der Waals surface area contributed by atoms with Gasteiger partial charge in [-0.1, -0.05) is 276 Å². The summed E-state index contributed by atoms with van der Waals surface area (Å²) in [6.07, 6.45) is 0. The largest absolute Gasteiger partial charge is 0.311 e. The lowest BCUT2D eigenvalue weighted by Gasteiger charge is -2.26. The third-order valence-electron chi connectivity index (χ3n) is 24.7. The predicted molar refractivity (Wildman–Crippen MR) is 506 cm³/mol. The zero-order valence-corrected chi connectivity index (χ0v) is 67.4. The third kappa shape index (κ3) is 12.8. The van der Waals surface area contributed by atoms with E-state index in [1.54, 1.807) is 0 Å². The summed E-state index contributed by atoms with van der Waals surface area (Å²) in [6.45, 7) is 9.47. The molecule has 0 aliphatic heterocycles. The zero-order chi connectivity index (χ0) is 80.4. The van der Waals surface area contributed by atoms with E-state index in [0.717, 1.165) is 79.6 Å². The van der Waals surface area contributed by atoms with Crippen LogP contribution in [0.15, 0.2) is 449 Å². The molecular formula is C114H86N6. The summed E-state index contributed by atoms with van der Waals surface area (Å²) in [6, 6.07) is 163. The number of aromatic nitrogens is 2. The number of para-hydroxylation sites is 7. The Balaban J connectivity index is 0.000000148. The molecule has 0 spiro atoms. The molecule has 0 atom stereocenters. The van der Waals surface area contributed by atoms with Gasteiger partial charge in [-0.2, -0.15) is 0 Å². The van der Waals surface area contributed by atoms with Gasteiger partial charge in [0.1, 0.15) is 0 Å². The van der Waals surface area contributed by atoms with Crippen molar-refractivity contribution in [2.75, 3.05) is 19.6 Å². The molecule has 120 heavy (non-hydrogen) atoms. The Morgan fingerprint density at radius 3 is 0.783 bits per heavy atom. The molecule has 0 radical (unpaired) electrons. The quantitative estimate of drug-likeness (QED) is 0.0962. The highest BCUT2D eigenvalue weighted by Gasteiger charge is 2.38. The van der Waals surface area contributed by atoms with E-state index in [-0.39, 0.29) is 10.8 Å². The Hall–Kier alpha value is -15.2. The van der Waals surface area contributed by atoms with Crippen LogP contribution < -0.4 is 19.6 Å². The Kier molecular flexibility index (Phi) is 18.2. The van der Waals surface area contributed by atoms with E-state index in [4.69, 9.17) is 0 Å². The van der Waals surface area contributed by atoms with Crippen molar-refractivity contribution in [3.63, 3.8) is 0 Å². The van der Waals surface area contributed by atoms with Crippen molar-refractivity contribution in [1.29, 1.82) is 0 Å². The average Bonchev–Trinajstić information content (AvgIpc) is 1.55. The van der Waals surface area contributed by atoms with Crippen molar-refractivity contribution < 1.29 is 0 Å². The molecule has 2 heterocycles. The number of fused-ring (bicyclic) bond motifs is 12. The van der Waals surface area contributed by atoms with Gasteiger partial charge in [0, 0.05) is 112 Å². The van der Waals surface area contributed by atoms with Gasteiger partial charge >= 0.3 is 0 Å². The Morgan fingerprint density at radius 2 is 0.425 bits per heavy atom. The summed E-state index contributed by atoms with van der Waals surface area (Å²) in [5.41, 5.74) is 35.7. The number of hydrogen-bond acceptors (Lipinski definition) is 4. The third-order valence-corrected chi connectivity index (χ3v) is 24.7. The molecule has 0 amide bonds. The van der Waals surface area contributed by atoms with Gasteiger partial charge in [0.15, 0.2) is 0 Å². The first kappa shape index (κ1) is 72.5. The zero-order valence-electron chi connectivity index (χ0n) is 67.4. The van der Waals surface area contributed by atoms with E-state index >= 15 is 0 Å². The first-order chi connectivity index (χ1) is 59.1. The smallest absolute Gasteiger partial charge is 0.0544 e. The summed E-state index contributed by atoms with van der Waals surface area (Å²) >= 11 is 0. The highest BCUT2D eigenvalue weighted by molar-refractivity contribution is 6.15. The van der Waals surface area contributed by atoms with Crippen molar-refractivity contribution in [2.45, 2.75) is 38.5 Å². The summed E-state index contributed by atoms with van der Waals surface area (Å²) in [4.78, 5) is 9.37. The fourth-order valence-corrected chi connectivity index (χ4v) is 18.9. The number of hydrogen-bond donors (Lipinski definition) is 0.